The van der Waals surface area contributed by atoms with Crippen LogP contribution in [0.1, 0.15) is 11.3 Å². The molecule has 1 aliphatic rings. The molecule has 1 amide bonds. The largest absolute Gasteiger partial charge is 0.321 e. The highest BCUT2D eigenvalue weighted by atomic mass is 35.5. The summed E-state index contributed by atoms with van der Waals surface area (Å²) >= 11 is 6.04. The summed E-state index contributed by atoms with van der Waals surface area (Å²) < 4.78 is 0. The Hall–Kier alpha value is -2.65. The lowest BCUT2D eigenvalue weighted by atomic mass is 10.1. The van der Waals surface area contributed by atoms with Crippen molar-refractivity contribution >= 4 is 45.7 Å². The molecule has 4 heteroatoms. The molecule has 3 aromatic rings. The first-order valence-corrected chi connectivity index (χ1v) is 7.27. The van der Waals surface area contributed by atoms with E-state index in [4.69, 9.17) is 11.6 Å². The molecule has 0 radical (unpaired) electrons. The van der Waals surface area contributed by atoms with Crippen molar-refractivity contribution in [2.75, 3.05) is 5.32 Å². The molecule has 106 valence electrons. The van der Waals surface area contributed by atoms with E-state index in [2.05, 4.69) is 10.3 Å². The number of rotatable bonds is 1. The van der Waals surface area contributed by atoms with Crippen LogP contribution in [-0.4, -0.2) is 10.9 Å². The lowest BCUT2D eigenvalue weighted by Gasteiger charge is -2.01. The first kappa shape index (κ1) is 13.0. The average molecular weight is 307 g/mol. The highest BCUT2D eigenvalue weighted by Gasteiger charge is 2.24. The maximum Gasteiger partial charge on any atom is 0.256 e. The number of carbonyl (C=O) groups excluding carboxylic acids is 1. The molecule has 4 rings (SSSR count). The van der Waals surface area contributed by atoms with E-state index >= 15 is 0 Å². The Kier molecular flexibility index (Phi) is 2.94. The molecule has 0 fully saturated rings. The number of nitrogens with one attached hydrogen (secondary N) is 1. The van der Waals surface area contributed by atoms with Gasteiger partial charge in [-0.15, -0.1) is 0 Å². The zero-order valence-electron chi connectivity index (χ0n) is 11.5. The van der Waals surface area contributed by atoms with Crippen LogP contribution in [0.15, 0.2) is 54.6 Å². The topological polar surface area (TPSA) is 42.0 Å². The number of carbonyl (C=O) groups is 1. The van der Waals surface area contributed by atoms with Gasteiger partial charge in [0.25, 0.3) is 5.91 Å². The molecular weight excluding hydrogens is 296 g/mol. The van der Waals surface area contributed by atoms with Gasteiger partial charge in [0.1, 0.15) is 0 Å². The number of aromatic nitrogens is 1. The molecule has 0 saturated carbocycles. The molecule has 0 aliphatic carbocycles. The molecule has 1 aliphatic heterocycles. The van der Waals surface area contributed by atoms with Gasteiger partial charge in [-0.2, -0.15) is 0 Å². The summed E-state index contributed by atoms with van der Waals surface area (Å²) in [5.41, 5.74) is 3.83. The number of hydrogen-bond donors (Lipinski definition) is 1. The smallest absolute Gasteiger partial charge is 0.256 e. The van der Waals surface area contributed by atoms with Crippen LogP contribution in [0.2, 0.25) is 5.02 Å². The van der Waals surface area contributed by atoms with Crippen LogP contribution in [0, 0.1) is 0 Å². The van der Waals surface area contributed by atoms with Crippen molar-refractivity contribution in [3.63, 3.8) is 0 Å². The van der Waals surface area contributed by atoms with Crippen molar-refractivity contribution in [3.05, 3.63) is 70.9 Å². The number of fused-ring (bicyclic) bond motifs is 2. The Morgan fingerprint density at radius 2 is 1.91 bits per heavy atom. The number of para-hydroxylation sites is 1. The molecule has 0 unspecified atom stereocenters. The summed E-state index contributed by atoms with van der Waals surface area (Å²) in [5, 5.41) is 4.52. The number of amides is 1. The van der Waals surface area contributed by atoms with Gasteiger partial charge in [0.15, 0.2) is 0 Å². The first-order valence-electron chi connectivity index (χ1n) is 6.89. The Bertz CT molecular complexity index is 947. The second kappa shape index (κ2) is 4.97. The van der Waals surface area contributed by atoms with E-state index in [1.54, 1.807) is 18.2 Å². The standard InChI is InChI=1S/C18H11ClN2O/c19-12-6-8-17-14(9-12)15(18(22)21-17)10-13-7-5-11-3-1-2-4-16(11)20-13/h1-10H,(H,21,22)/b15-10+. The van der Waals surface area contributed by atoms with Crippen LogP contribution in [-0.2, 0) is 4.79 Å². The maximum absolute atomic E-state index is 12.2. The molecule has 0 bridgehead atoms. The van der Waals surface area contributed by atoms with Crippen molar-refractivity contribution in [1.29, 1.82) is 0 Å². The van der Waals surface area contributed by atoms with Gasteiger partial charge in [0.2, 0.25) is 0 Å². The fourth-order valence-electron chi connectivity index (χ4n) is 2.61. The molecule has 0 saturated heterocycles. The highest BCUT2D eigenvalue weighted by Crippen LogP contribution is 2.34. The van der Waals surface area contributed by atoms with Crippen LogP contribution < -0.4 is 5.32 Å². The van der Waals surface area contributed by atoms with Gasteiger partial charge in [0, 0.05) is 21.7 Å². The molecule has 3 nitrogen and oxygen atoms in total. The van der Waals surface area contributed by atoms with Gasteiger partial charge >= 0.3 is 0 Å². The molecule has 0 spiro atoms. The lowest BCUT2D eigenvalue weighted by Crippen LogP contribution is -2.03. The summed E-state index contributed by atoms with van der Waals surface area (Å²) in [6.07, 6.45) is 1.80. The fraction of sp³-hybridized carbons (Fsp3) is 0. The van der Waals surface area contributed by atoms with E-state index in [1.165, 1.54) is 0 Å². The molecule has 1 N–H and O–H groups in total. The lowest BCUT2D eigenvalue weighted by molar-refractivity contribution is -0.110. The van der Waals surface area contributed by atoms with Crippen molar-refractivity contribution in [2.24, 2.45) is 0 Å². The number of halogens is 1. The number of pyridine rings is 1. The Morgan fingerprint density at radius 3 is 2.82 bits per heavy atom. The molecule has 1 aromatic heterocycles. The third kappa shape index (κ3) is 2.16. The van der Waals surface area contributed by atoms with Gasteiger partial charge in [-0.3, -0.25) is 4.79 Å². The van der Waals surface area contributed by atoms with Crippen LogP contribution >= 0.6 is 11.6 Å². The third-order valence-electron chi connectivity index (χ3n) is 3.68. The Labute approximate surface area is 132 Å². The first-order chi connectivity index (χ1) is 10.7. The molecule has 2 heterocycles. The van der Waals surface area contributed by atoms with Crippen LogP contribution in [0.5, 0.6) is 0 Å². The van der Waals surface area contributed by atoms with E-state index in [9.17, 15) is 4.79 Å². The zero-order chi connectivity index (χ0) is 15.1. The highest BCUT2D eigenvalue weighted by molar-refractivity contribution is 6.36. The fourth-order valence-corrected chi connectivity index (χ4v) is 2.79. The van der Waals surface area contributed by atoms with E-state index in [-0.39, 0.29) is 5.91 Å². The molecule has 0 atom stereocenters. The predicted molar refractivity (Wildman–Crippen MR) is 89.7 cm³/mol. The van der Waals surface area contributed by atoms with Crippen molar-refractivity contribution in [1.82, 2.24) is 4.98 Å². The minimum absolute atomic E-state index is 0.132. The van der Waals surface area contributed by atoms with E-state index in [0.29, 0.717) is 10.6 Å². The van der Waals surface area contributed by atoms with Gasteiger partial charge in [-0.25, -0.2) is 4.98 Å². The van der Waals surface area contributed by atoms with Gasteiger partial charge in [-0.05, 0) is 36.4 Å². The monoisotopic (exact) mass is 306 g/mol. The zero-order valence-corrected chi connectivity index (χ0v) is 12.3. The number of hydrogen-bond acceptors (Lipinski definition) is 2. The van der Waals surface area contributed by atoms with Crippen LogP contribution in [0.4, 0.5) is 5.69 Å². The molecule has 22 heavy (non-hydrogen) atoms. The van der Waals surface area contributed by atoms with E-state index in [0.717, 1.165) is 27.8 Å². The number of anilines is 1. The predicted octanol–water partition coefficient (Wildman–Crippen LogP) is 4.38. The summed E-state index contributed by atoms with van der Waals surface area (Å²) in [7, 11) is 0. The van der Waals surface area contributed by atoms with Gasteiger partial charge in [0.05, 0.1) is 16.8 Å². The van der Waals surface area contributed by atoms with Crippen molar-refractivity contribution < 1.29 is 4.79 Å². The minimum atomic E-state index is -0.132. The van der Waals surface area contributed by atoms with Crippen LogP contribution in [0.25, 0.3) is 22.6 Å². The second-order valence-corrected chi connectivity index (χ2v) is 5.57. The third-order valence-corrected chi connectivity index (χ3v) is 3.91. The van der Waals surface area contributed by atoms with Crippen molar-refractivity contribution in [3.8, 4) is 0 Å². The van der Waals surface area contributed by atoms with Crippen molar-refractivity contribution in [2.45, 2.75) is 0 Å². The average Bonchev–Trinajstić information content (AvgIpc) is 2.83. The molecule has 2 aromatic carbocycles. The second-order valence-electron chi connectivity index (χ2n) is 5.13. The molecular formula is C18H11ClN2O. The minimum Gasteiger partial charge on any atom is -0.321 e. The summed E-state index contributed by atoms with van der Waals surface area (Å²) in [6.45, 7) is 0. The van der Waals surface area contributed by atoms with E-state index < -0.39 is 0 Å². The Morgan fingerprint density at radius 1 is 1.05 bits per heavy atom. The van der Waals surface area contributed by atoms with E-state index in [1.807, 2.05) is 42.5 Å². The van der Waals surface area contributed by atoms with Gasteiger partial charge in [-0.1, -0.05) is 35.9 Å². The summed E-state index contributed by atoms with van der Waals surface area (Å²) in [4.78, 5) is 16.7. The van der Waals surface area contributed by atoms with Crippen LogP contribution in [0.3, 0.4) is 0 Å². The summed E-state index contributed by atoms with van der Waals surface area (Å²) in [6, 6.07) is 17.2. The SMILES string of the molecule is O=C1Nc2ccc(Cl)cc2/C1=C\c1ccc2ccccc2n1. The number of nitrogens with zero attached hydrogens (tertiary/aromatic N) is 1. The quantitative estimate of drug-likeness (QED) is 0.678. The van der Waals surface area contributed by atoms with Gasteiger partial charge < -0.3 is 5.32 Å². The normalized spacial score (nSPS) is 15.1. The maximum atomic E-state index is 12.2. The summed E-state index contributed by atoms with van der Waals surface area (Å²) in [5.74, 6) is -0.132. The Balaban J connectivity index is 1.85. The number of benzene rings is 2.